The number of anilines is 2. The van der Waals surface area contributed by atoms with Crippen LogP contribution in [-0.4, -0.2) is 18.5 Å². The van der Waals surface area contributed by atoms with Gasteiger partial charge in [0.25, 0.3) is 0 Å². The van der Waals surface area contributed by atoms with Crippen molar-refractivity contribution in [2.75, 3.05) is 16.8 Å². The first-order valence-corrected chi connectivity index (χ1v) is 8.78. The first-order chi connectivity index (χ1) is 14.0. The maximum atomic E-state index is 13.9. The molecule has 8 heteroatoms. The van der Waals surface area contributed by atoms with Crippen LogP contribution in [0.3, 0.4) is 0 Å². The van der Waals surface area contributed by atoms with E-state index in [1.54, 1.807) is 30.3 Å². The highest BCUT2D eigenvalue weighted by atomic mass is 19.1. The molecule has 3 aliphatic rings. The third-order valence-electron chi connectivity index (χ3n) is 5.45. The van der Waals surface area contributed by atoms with Gasteiger partial charge in [-0.1, -0.05) is 24.3 Å². The van der Waals surface area contributed by atoms with E-state index in [-0.39, 0.29) is 23.6 Å². The number of halogens is 1. The van der Waals surface area contributed by atoms with Gasteiger partial charge in [-0.3, -0.25) is 9.69 Å². The summed E-state index contributed by atoms with van der Waals surface area (Å²) < 4.78 is 19.1. The number of cyclic esters (lactones) is 1. The van der Waals surface area contributed by atoms with Crippen LogP contribution < -0.4 is 16.0 Å². The van der Waals surface area contributed by atoms with Crippen LogP contribution in [0.15, 0.2) is 71.2 Å². The standard InChI is InChI=1S/C21H13FN4O3/c22-11-4-3-5-12(8-11)26-16-10-29-19(27)17(16)21(14(9-23)18(26)24)13-6-1-2-7-15(13)25-20(21)28/h1-8H,10,24H2,(H,25,28)/t21-/m0/s1. The molecule has 0 saturated carbocycles. The molecule has 3 heterocycles. The number of carbonyl (C=O) groups is 2. The van der Waals surface area contributed by atoms with E-state index in [1.165, 1.54) is 23.1 Å². The molecule has 3 aliphatic heterocycles. The molecule has 3 N–H and O–H groups in total. The topological polar surface area (TPSA) is 108 Å². The zero-order chi connectivity index (χ0) is 20.3. The van der Waals surface area contributed by atoms with Crippen molar-refractivity contribution in [2.24, 2.45) is 5.73 Å². The summed E-state index contributed by atoms with van der Waals surface area (Å²) in [5.74, 6) is -1.83. The number of esters is 1. The highest BCUT2D eigenvalue weighted by Gasteiger charge is 2.61. The first-order valence-electron chi connectivity index (χ1n) is 8.78. The van der Waals surface area contributed by atoms with Gasteiger partial charge in [-0.2, -0.15) is 5.26 Å². The lowest BCUT2D eigenvalue weighted by Gasteiger charge is -2.38. The van der Waals surface area contributed by atoms with E-state index in [4.69, 9.17) is 10.5 Å². The summed E-state index contributed by atoms with van der Waals surface area (Å²) >= 11 is 0. The van der Waals surface area contributed by atoms with Gasteiger partial charge in [0.1, 0.15) is 29.7 Å². The summed E-state index contributed by atoms with van der Waals surface area (Å²) in [4.78, 5) is 27.4. The van der Waals surface area contributed by atoms with Gasteiger partial charge in [0.15, 0.2) is 0 Å². The van der Waals surface area contributed by atoms with Gasteiger partial charge in [0, 0.05) is 11.3 Å². The van der Waals surface area contributed by atoms with Gasteiger partial charge >= 0.3 is 5.97 Å². The summed E-state index contributed by atoms with van der Waals surface area (Å²) in [5, 5.41) is 12.8. The molecule has 1 amide bonds. The fourth-order valence-corrected chi connectivity index (χ4v) is 4.32. The molecule has 1 spiro atoms. The van der Waals surface area contributed by atoms with Gasteiger partial charge in [-0.25, -0.2) is 9.18 Å². The Hall–Kier alpha value is -4.12. The quantitative estimate of drug-likeness (QED) is 0.724. The predicted molar refractivity (Wildman–Crippen MR) is 100 cm³/mol. The maximum absolute atomic E-state index is 13.9. The smallest absolute Gasteiger partial charge is 0.338 e. The molecule has 0 aliphatic carbocycles. The first kappa shape index (κ1) is 17.0. The molecule has 0 unspecified atom stereocenters. The van der Waals surface area contributed by atoms with Crippen LogP contribution in [0.25, 0.3) is 0 Å². The van der Waals surface area contributed by atoms with E-state index >= 15 is 0 Å². The monoisotopic (exact) mass is 388 g/mol. The molecule has 1 atom stereocenters. The Morgan fingerprint density at radius 2 is 2.00 bits per heavy atom. The highest BCUT2D eigenvalue weighted by Crippen LogP contribution is 2.54. The lowest BCUT2D eigenvalue weighted by Crippen LogP contribution is -2.48. The van der Waals surface area contributed by atoms with Crippen LogP contribution in [-0.2, 0) is 19.7 Å². The summed E-state index contributed by atoms with van der Waals surface area (Å²) in [6.07, 6.45) is 0. The zero-order valence-corrected chi connectivity index (χ0v) is 14.9. The van der Waals surface area contributed by atoms with Crippen molar-refractivity contribution in [1.82, 2.24) is 0 Å². The zero-order valence-electron chi connectivity index (χ0n) is 14.9. The van der Waals surface area contributed by atoms with Gasteiger partial charge in [-0.05, 0) is 24.3 Å². The Bertz CT molecular complexity index is 1230. The van der Waals surface area contributed by atoms with Gasteiger partial charge in [0.05, 0.1) is 22.5 Å². The Balaban J connectivity index is 1.87. The Morgan fingerprint density at radius 3 is 2.76 bits per heavy atom. The second-order valence-electron chi connectivity index (χ2n) is 6.83. The molecule has 2 aromatic carbocycles. The molecule has 0 aromatic heterocycles. The molecule has 29 heavy (non-hydrogen) atoms. The number of amides is 1. The number of nitrogens with zero attached hydrogens (tertiary/aromatic N) is 2. The molecular formula is C21H13FN4O3. The van der Waals surface area contributed by atoms with Crippen molar-refractivity contribution in [2.45, 2.75) is 5.41 Å². The third-order valence-corrected chi connectivity index (χ3v) is 5.45. The van der Waals surface area contributed by atoms with Crippen LogP contribution in [0.5, 0.6) is 0 Å². The lowest BCUT2D eigenvalue weighted by molar-refractivity contribution is -0.137. The molecule has 142 valence electrons. The summed E-state index contributed by atoms with van der Waals surface area (Å²) in [6, 6.07) is 14.4. The molecule has 0 radical (unpaired) electrons. The van der Waals surface area contributed by atoms with Crippen LogP contribution in [0.1, 0.15) is 5.56 Å². The predicted octanol–water partition coefficient (Wildman–Crippen LogP) is 2.04. The number of nitrogens with two attached hydrogens (primary N) is 1. The highest BCUT2D eigenvalue weighted by molar-refractivity contribution is 6.18. The fraction of sp³-hybridized carbons (Fsp3) is 0.0952. The van der Waals surface area contributed by atoms with Crippen LogP contribution in [0.4, 0.5) is 15.8 Å². The van der Waals surface area contributed by atoms with E-state index in [0.29, 0.717) is 22.6 Å². The van der Waals surface area contributed by atoms with E-state index in [2.05, 4.69) is 5.32 Å². The molecule has 7 nitrogen and oxygen atoms in total. The number of hydrogen-bond acceptors (Lipinski definition) is 6. The van der Waals surface area contributed by atoms with Gasteiger partial charge < -0.3 is 15.8 Å². The van der Waals surface area contributed by atoms with Crippen molar-refractivity contribution in [1.29, 1.82) is 5.26 Å². The van der Waals surface area contributed by atoms with E-state index < -0.39 is 23.1 Å². The van der Waals surface area contributed by atoms with Crippen molar-refractivity contribution >= 4 is 23.3 Å². The lowest BCUT2D eigenvalue weighted by atomic mass is 9.67. The molecular weight excluding hydrogens is 375 g/mol. The van der Waals surface area contributed by atoms with Gasteiger partial charge in [-0.15, -0.1) is 0 Å². The number of fused-ring (bicyclic) bond motifs is 3. The normalized spacial score (nSPS) is 22.4. The minimum atomic E-state index is -1.71. The molecule has 0 fully saturated rings. The Labute approximate surface area is 164 Å². The SMILES string of the molecule is N#CC1=C(N)N(c2cccc(F)c2)C2=C(C(=O)OC2)[C@@]12C(=O)Nc1ccccc12. The number of rotatable bonds is 1. The number of benzene rings is 2. The molecule has 0 bridgehead atoms. The average Bonchev–Trinajstić information content (AvgIpc) is 3.21. The number of carbonyl (C=O) groups excluding carboxylic acids is 2. The van der Waals surface area contributed by atoms with Crippen molar-refractivity contribution < 1.29 is 18.7 Å². The summed E-state index contributed by atoms with van der Waals surface area (Å²) in [5.41, 5.74) is 6.15. The average molecular weight is 388 g/mol. The third kappa shape index (κ3) is 1.99. The van der Waals surface area contributed by atoms with Crippen molar-refractivity contribution in [3.63, 3.8) is 0 Å². The van der Waals surface area contributed by atoms with E-state index in [1.807, 2.05) is 6.07 Å². The van der Waals surface area contributed by atoms with E-state index in [0.717, 1.165) is 0 Å². The summed E-state index contributed by atoms with van der Waals surface area (Å²) in [6.45, 7) is -0.152. The summed E-state index contributed by atoms with van der Waals surface area (Å²) in [7, 11) is 0. The van der Waals surface area contributed by atoms with Crippen LogP contribution in [0, 0.1) is 17.1 Å². The second-order valence-corrected chi connectivity index (χ2v) is 6.83. The Morgan fingerprint density at radius 1 is 1.21 bits per heavy atom. The number of hydrogen-bond donors (Lipinski definition) is 2. The van der Waals surface area contributed by atoms with Gasteiger partial charge in [0.2, 0.25) is 5.91 Å². The minimum Gasteiger partial charge on any atom is -0.456 e. The largest absolute Gasteiger partial charge is 0.456 e. The van der Waals surface area contributed by atoms with Crippen molar-refractivity contribution in [3.8, 4) is 6.07 Å². The maximum Gasteiger partial charge on any atom is 0.338 e. The number of nitriles is 1. The Kier molecular flexibility index (Phi) is 3.34. The van der Waals surface area contributed by atoms with E-state index in [9.17, 15) is 19.2 Å². The second kappa shape index (κ2) is 5.69. The molecule has 2 aromatic rings. The number of para-hydroxylation sites is 1. The van der Waals surface area contributed by atoms with Crippen LogP contribution in [0.2, 0.25) is 0 Å². The minimum absolute atomic E-state index is 0.0231. The number of nitrogens with one attached hydrogen (secondary N) is 1. The number of ether oxygens (including phenoxy) is 1. The van der Waals surface area contributed by atoms with Crippen molar-refractivity contribution in [3.05, 3.63) is 82.6 Å². The molecule has 0 saturated heterocycles. The molecule has 5 rings (SSSR count). The fourth-order valence-electron chi connectivity index (χ4n) is 4.32. The van der Waals surface area contributed by atoms with Crippen LogP contribution >= 0.6 is 0 Å².